The maximum Gasteiger partial charge on any atom is 0.125 e. The van der Waals surface area contributed by atoms with Gasteiger partial charge in [-0.25, -0.2) is 0 Å². The Morgan fingerprint density at radius 1 is 1.04 bits per heavy atom. The maximum absolute atomic E-state index is 5.95. The van der Waals surface area contributed by atoms with Crippen LogP contribution in [0.1, 0.15) is 43.7 Å². The zero-order chi connectivity index (χ0) is 16.9. The van der Waals surface area contributed by atoms with E-state index < -0.39 is 0 Å². The molecule has 0 aliphatic carbocycles. The molecular weight excluding hydrogens is 290 g/mol. The lowest BCUT2D eigenvalue weighted by Gasteiger charge is -2.14. The zero-order valence-electron chi connectivity index (χ0n) is 14.8. The summed E-state index contributed by atoms with van der Waals surface area (Å²) in [4.78, 5) is 4.63. The summed E-state index contributed by atoms with van der Waals surface area (Å²) in [5.41, 5.74) is 2.24. The highest BCUT2D eigenvalue weighted by Crippen LogP contribution is 2.28. The van der Waals surface area contributed by atoms with Crippen molar-refractivity contribution in [3.63, 3.8) is 0 Å². The van der Waals surface area contributed by atoms with E-state index in [0.717, 1.165) is 54.9 Å². The van der Waals surface area contributed by atoms with Gasteiger partial charge in [0, 0.05) is 6.21 Å². The topological polar surface area (TPSA) is 40.0 Å². The molecule has 1 aromatic rings. The van der Waals surface area contributed by atoms with E-state index in [4.69, 9.17) is 9.47 Å². The van der Waals surface area contributed by atoms with Crippen molar-refractivity contribution in [2.24, 2.45) is 5.16 Å². The van der Waals surface area contributed by atoms with Gasteiger partial charge in [0.1, 0.15) is 25.2 Å². The van der Waals surface area contributed by atoms with Gasteiger partial charge in [0.05, 0.1) is 6.61 Å². The summed E-state index contributed by atoms with van der Waals surface area (Å²) in [6, 6.07) is 4.07. The smallest absolute Gasteiger partial charge is 0.125 e. The molecule has 0 radical (unpaired) electrons. The summed E-state index contributed by atoms with van der Waals surface area (Å²) >= 11 is 0. The van der Waals surface area contributed by atoms with Crippen molar-refractivity contribution in [3.05, 3.63) is 35.4 Å². The predicted octanol–water partition coefficient (Wildman–Crippen LogP) is 4.83. The van der Waals surface area contributed by atoms with Crippen molar-refractivity contribution in [2.75, 3.05) is 20.3 Å². The van der Waals surface area contributed by atoms with Crippen LogP contribution in [0.2, 0.25) is 0 Å². The Morgan fingerprint density at radius 3 is 2.43 bits per heavy atom. The molecule has 0 N–H and O–H groups in total. The molecule has 4 heteroatoms. The van der Waals surface area contributed by atoms with Gasteiger partial charge in [-0.15, -0.1) is 0 Å². The van der Waals surface area contributed by atoms with Gasteiger partial charge >= 0.3 is 0 Å². The zero-order valence-corrected chi connectivity index (χ0v) is 14.8. The number of hydrogen-bond donors (Lipinski definition) is 0. The van der Waals surface area contributed by atoms with Gasteiger partial charge < -0.3 is 14.3 Å². The summed E-state index contributed by atoms with van der Waals surface area (Å²) in [6.07, 6.45) is 10.0. The maximum atomic E-state index is 5.95. The van der Waals surface area contributed by atoms with Gasteiger partial charge in [-0.2, -0.15) is 0 Å². The average molecular weight is 319 g/mol. The molecule has 0 unspecified atom stereocenters. The highest BCUT2D eigenvalue weighted by molar-refractivity contribution is 5.56. The lowest BCUT2D eigenvalue weighted by Crippen LogP contribution is -2.02. The fraction of sp³-hybridized carbons (Fsp3) is 0.526. The van der Waals surface area contributed by atoms with E-state index in [1.54, 1.807) is 7.11 Å². The molecule has 128 valence electrons. The highest BCUT2D eigenvalue weighted by Gasteiger charge is 2.07. The van der Waals surface area contributed by atoms with Crippen LogP contribution in [0.5, 0.6) is 11.5 Å². The van der Waals surface area contributed by atoms with Crippen LogP contribution in [0.25, 0.3) is 0 Å². The van der Waals surface area contributed by atoms with Crippen molar-refractivity contribution in [1.29, 1.82) is 0 Å². The van der Waals surface area contributed by atoms with E-state index in [0.29, 0.717) is 6.61 Å². The van der Waals surface area contributed by atoms with Crippen LogP contribution in [0.3, 0.4) is 0 Å². The number of aryl methyl sites for hydroxylation is 2. The molecule has 1 aromatic carbocycles. The second-order valence-electron chi connectivity index (χ2n) is 5.43. The molecule has 0 saturated heterocycles. The van der Waals surface area contributed by atoms with Gasteiger partial charge in [-0.05, 0) is 69.7 Å². The standard InChI is InChI=1S/C19H29NO3/c1-5-6-12-22-18-14-16(2)19(17(3)15-18)23-13-10-8-7-9-11-20-21-4/h5-6,11,14-15H,7-10,12-13H2,1-4H3/b6-5+,20-11+. The predicted molar refractivity (Wildman–Crippen MR) is 95.7 cm³/mol. The quantitative estimate of drug-likeness (QED) is 0.254. The van der Waals surface area contributed by atoms with E-state index in [9.17, 15) is 0 Å². The van der Waals surface area contributed by atoms with Crippen LogP contribution in [0, 0.1) is 13.8 Å². The van der Waals surface area contributed by atoms with Gasteiger partial charge in [0.2, 0.25) is 0 Å². The second-order valence-corrected chi connectivity index (χ2v) is 5.43. The number of nitrogens with zero attached hydrogens (tertiary/aromatic N) is 1. The van der Waals surface area contributed by atoms with Crippen LogP contribution < -0.4 is 9.47 Å². The summed E-state index contributed by atoms with van der Waals surface area (Å²) in [7, 11) is 1.56. The first-order valence-corrected chi connectivity index (χ1v) is 8.22. The Bertz CT molecular complexity index is 486. The fourth-order valence-electron chi connectivity index (χ4n) is 2.28. The first kappa shape index (κ1) is 19.1. The van der Waals surface area contributed by atoms with E-state index in [-0.39, 0.29) is 0 Å². The Labute approximate surface area is 140 Å². The van der Waals surface area contributed by atoms with Crippen molar-refractivity contribution in [1.82, 2.24) is 0 Å². The summed E-state index contributed by atoms with van der Waals surface area (Å²) < 4.78 is 11.6. The van der Waals surface area contributed by atoms with E-state index in [1.807, 2.05) is 37.4 Å². The van der Waals surface area contributed by atoms with Crippen molar-refractivity contribution >= 4 is 6.21 Å². The fourth-order valence-corrected chi connectivity index (χ4v) is 2.28. The second kappa shape index (κ2) is 11.6. The largest absolute Gasteiger partial charge is 0.493 e. The Morgan fingerprint density at radius 2 is 1.78 bits per heavy atom. The van der Waals surface area contributed by atoms with Crippen LogP contribution in [-0.2, 0) is 4.84 Å². The van der Waals surface area contributed by atoms with Gasteiger partial charge in [-0.3, -0.25) is 0 Å². The summed E-state index contributed by atoms with van der Waals surface area (Å²) in [5, 5.41) is 3.72. The third-order valence-electron chi connectivity index (χ3n) is 3.42. The number of hydrogen-bond acceptors (Lipinski definition) is 4. The lowest BCUT2D eigenvalue weighted by atomic mass is 10.1. The third kappa shape index (κ3) is 7.73. The highest BCUT2D eigenvalue weighted by atomic mass is 16.6. The molecule has 0 aliphatic rings. The molecule has 0 atom stereocenters. The molecule has 0 aromatic heterocycles. The first-order valence-electron chi connectivity index (χ1n) is 8.22. The summed E-state index contributed by atoms with van der Waals surface area (Å²) in [5.74, 6) is 1.87. The molecule has 0 amide bonds. The van der Waals surface area contributed by atoms with Crippen LogP contribution in [0.15, 0.2) is 29.4 Å². The molecule has 23 heavy (non-hydrogen) atoms. The number of unbranched alkanes of at least 4 members (excludes halogenated alkanes) is 3. The third-order valence-corrected chi connectivity index (χ3v) is 3.42. The van der Waals surface area contributed by atoms with E-state index in [2.05, 4.69) is 23.8 Å². The van der Waals surface area contributed by atoms with E-state index in [1.165, 1.54) is 0 Å². The molecule has 0 aliphatic heterocycles. The number of oxime groups is 1. The Kier molecular flexibility index (Phi) is 9.60. The molecule has 1 rings (SSSR count). The molecule has 0 heterocycles. The van der Waals surface area contributed by atoms with Crippen LogP contribution >= 0.6 is 0 Å². The monoisotopic (exact) mass is 319 g/mol. The lowest BCUT2D eigenvalue weighted by molar-refractivity contribution is 0.214. The molecule has 4 nitrogen and oxygen atoms in total. The average Bonchev–Trinajstić information content (AvgIpc) is 2.52. The molecule has 0 fully saturated rings. The number of ether oxygens (including phenoxy) is 2. The minimum Gasteiger partial charge on any atom is -0.493 e. The van der Waals surface area contributed by atoms with Gasteiger partial charge in [0.15, 0.2) is 0 Å². The normalized spacial score (nSPS) is 11.3. The van der Waals surface area contributed by atoms with Crippen LogP contribution in [0.4, 0.5) is 0 Å². The van der Waals surface area contributed by atoms with Crippen molar-refractivity contribution in [2.45, 2.75) is 46.5 Å². The SMILES string of the molecule is C/C=C/COc1cc(C)c(OCCCCC/C=N/OC)c(C)c1. The number of allylic oxidation sites excluding steroid dienone is 1. The Hall–Kier alpha value is -1.97. The minimum absolute atomic E-state index is 0.599. The molecule has 0 spiro atoms. The Balaban J connectivity index is 2.37. The molecule has 0 saturated carbocycles. The van der Waals surface area contributed by atoms with Crippen molar-refractivity contribution in [3.8, 4) is 11.5 Å². The molecule has 0 bridgehead atoms. The number of rotatable bonds is 11. The van der Waals surface area contributed by atoms with E-state index >= 15 is 0 Å². The van der Waals surface area contributed by atoms with Gasteiger partial charge in [-0.1, -0.05) is 17.3 Å². The number of benzene rings is 1. The summed E-state index contributed by atoms with van der Waals surface area (Å²) in [6.45, 7) is 7.45. The first-order chi connectivity index (χ1) is 11.2. The van der Waals surface area contributed by atoms with Crippen LogP contribution in [-0.4, -0.2) is 26.5 Å². The van der Waals surface area contributed by atoms with Crippen molar-refractivity contribution < 1.29 is 14.3 Å². The minimum atomic E-state index is 0.599. The molecular formula is C19H29NO3. The van der Waals surface area contributed by atoms with Gasteiger partial charge in [0.25, 0.3) is 0 Å².